The van der Waals surface area contributed by atoms with E-state index in [4.69, 9.17) is 5.84 Å². The molecule has 3 rings (SSSR count). The first-order chi connectivity index (χ1) is 9.85. The highest BCUT2D eigenvalue weighted by Gasteiger charge is 2.17. The summed E-state index contributed by atoms with van der Waals surface area (Å²) in [4.78, 5) is 19.3. The number of nitrogens with two attached hydrogens (primary N) is 1. The van der Waals surface area contributed by atoms with Gasteiger partial charge in [-0.15, -0.1) is 11.3 Å². The number of hydrogen-bond acceptors (Lipinski definition) is 9. The third kappa shape index (κ3) is 2.94. The van der Waals surface area contributed by atoms with E-state index in [9.17, 15) is 0 Å². The van der Waals surface area contributed by atoms with Crippen molar-refractivity contribution < 1.29 is 0 Å². The summed E-state index contributed by atoms with van der Waals surface area (Å²) < 4.78 is 0. The molecule has 2 aromatic rings. The van der Waals surface area contributed by atoms with Gasteiger partial charge >= 0.3 is 0 Å². The summed E-state index contributed by atoms with van der Waals surface area (Å²) in [7, 11) is 0. The lowest BCUT2D eigenvalue weighted by Gasteiger charge is -2.16. The van der Waals surface area contributed by atoms with Crippen molar-refractivity contribution in [2.75, 3.05) is 28.7 Å². The Bertz CT molecular complexity index is 552. The SMILES string of the molecule is NNc1nc(NCc2cscn2)nc(N2CCCC2)n1. The molecule has 0 amide bonds. The van der Waals surface area contributed by atoms with E-state index in [2.05, 4.69) is 35.6 Å². The van der Waals surface area contributed by atoms with Crippen LogP contribution < -0.4 is 21.5 Å². The van der Waals surface area contributed by atoms with Crippen molar-refractivity contribution >= 4 is 29.2 Å². The van der Waals surface area contributed by atoms with Gasteiger partial charge in [0.2, 0.25) is 17.8 Å². The minimum atomic E-state index is 0.364. The quantitative estimate of drug-likeness (QED) is 0.549. The second kappa shape index (κ2) is 5.97. The Kier molecular flexibility index (Phi) is 3.88. The van der Waals surface area contributed by atoms with Crippen molar-refractivity contribution in [3.05, 3.63) is 16.6 Å². The minimum Gasteiger partial charge on any atom is -0.348 e. The molecular formula is C11H16N8S. The summed E-state index contributed by atoms with van der Waals surface area (Å²) in [6, 6.07) is 0. The summed E-state index contributed by atoms with van der Waals surface area (Å²) in [5.41, 5.74) is 5.24. The fourth-order valence-corrected chi connectivity index (χ4v) is 2.62. The van der Waals surface area contributed by atoms with Crippen molar-refractivity contribution in [1.29, 1.82) is 0 Å². The summed E-state index contributed by atoms with van der Waals surface area (Å²) in [6.45, 7) is 2.52. The Morgan fingerprint density at radius 1 is 1.20 bits per heavy atom. The number of aromatic nitrogens is 4. The predicted molar refractivity (Wildman–Crippen MR) is 78.5 cm³/mol. The molecule has 20 heavy (non-hydrogen) atoms. The fourth-order valence-electron chi connectivity index (χ4n) is 2.06. The van der Waals surface area contributed by atoms with Crippen LogP contribution in [-0.4, -0.2) is 33.0 Å². The maximum absolute atomic E-state index is 5.42. The van der Waals surface area contributed by atoms with E-state index in [0.29, 0.717) is 24.4 Å². The first kappa shape index (κ1) is 13.0. The van der Waals surface area contributed by atoms with Gasteiger partial charge in [0.05, 0.1) is 17.7 Å². The van der Waals surface area contributed by atoms with Crippen LogP contribution in [0.15, 0.2) is 10.9 Å². The van der Waals surface area contributed by atoms with Gasteiger partial charge < -0.3 is 10.2 Å². The molecule has 0 atom stereocenters. The number of anilines is 3. The molecule has 0 radical (unpaired) electrons. The van der Waals surface area contributed by atoms with Gasteiger partial charge in [-0.05, 0) is 12.8 Å². The third-order valence-corrected chi connectivity index (χ3v) is 3.69. The monoisotopic (exact) mass is 292 g/mol. The van der Waals surface area contributed by atoms with Crippen LogP contribution in [0.2, 0.25) is 0 Å². The zero-order valence-corrected chi connectivity index (χ0v) is 11.7. The van der Waals surface area contributed by atoms with E-state index in [1.165, 1.54) is 12.8 Å². The van der Waals surface area contributed by atoms with E-state index in [-0.39, 0.29) is 0 Å². The minimum absolute atomic E-state index is 0.364. The topological polar surface area (TPSA) is 105 Å². The molecule has 0 bridgehead atoms. The van der Waals surface area contributed by atoms with E-state index in [1.54, 1.807) is 16.8 Å². The summed E-state index contributed by atoms with van der Waals surface area (Å²) in [5.74, 6) is 6.94. The molecule has 0 aliphatic carbocycles. The first-order valence-corrected chi connectivity index (χ1v) is 7.38. The predicted octanol–water partition coefficient (Wildman–Crippen LogP) is 0.826. The van der Waals surface area contributed by atoms with Gasteiger partial charge in [0.1, 0.15) is 0 Å². The second-order valence-corrected chi connectivity index (χ2v) is 5.17. The lowest BCUT2D eigenvalue weighted by Crippen LogP contribution is -2.23. The molecule has 1 fully saturated rings. The van der Waals surface area contributed by atoms with E-state index >= 15 is 0 Å². The molecule has 0 unspecified atom stereocenters. The summed E-state index contributed by atoms with van der Waals surface area (Å²) in [5, 5.41) is 5.13. The number of hydrazine groups is 1. The maximum Gasteiger partial charge on any atom is 0.243 e. The van der Waals surface area contributed by atoms with Crippen LogP contribution in [0.4, 0.5) is 17.8 Å². The Balaban J connectivity index is 1.76. The second-order valence-electron chi connectivity index (χ2n) is 4.45. The van der Waals surface area contributed by atoms with Crippen molar-refractivity contribution in [3.8, 4) is 0 Å². The van der Waals surface area contributed by atoms with Crippen LogP contribution in [-0.2, 0) is 6.54 Å². The molecule has 106 valence electrons. The molecule has 0 saturated carbocycles. The number of nitrogens with zero attached hydrogens (tertiary/aromatic N) is 5. The largest absolute Gasteiger partial charge is 0.348 e. The van der Waals surface area contributed by atoms with Gasteiger partial charge in [0, 0.05) is 18.5 Å². The molecule has 8 nitrogen and oxygen atoms in total. The molecule has 1 saturated heterocycles. The van der Waals surface area contributed by atoms with Gasteiger partial charge in [0.25, 0.3) is 0 Å². The third-order valence-electron chi connectivity index (χ3n) is 3.05. The first-order valence-electron chi connectivity index (χ1n) is 6.44. The number of hydrogen-bond donors (Lipinski definition) is 3. The molecule has 0 spiro atoms. The smallest absolute Gasteiger partial charge is 0.243 e. The molecule has 0 aromatic carbocycles. The average Bonchev–Trinajstić information content (AvgIpc) is 3.17. The van der Waals surface area contributed by atoms with Gasteiger partial charge in [-0.2, -0.15) is 15.0 Å². The Morgan fingerprint density at radius 2 is 2.00 bits per heavy atom. The van der Waals surface area contributed by atoms with Crippen molar-refractivity contribution in [1.82, 2.24) is 19.9 Å². The van der Waals surface area contributed by atoms with Crippen LogP contribution >= 0.6 is 11.3 Å². The highest BCUT2D eigenvalue weighted by Crippen LogP contribution is 2.18. The van der Waals surface area contributed by atoms with Crippen LogP contribution in [0.25, 0.3) is 0 Å². The summed E-state index contributed by atoms with van der Waals surface area (Å²) in [6.07, 6.45) is 2.33. The Morgan fingerprint density at radius 3 is 2.70 bits per heavy atom. The molecule has 1 aliphatic heterocycles. The van der Waals surface area contributed by atoms with Crippen molar-refractivity contribution in [2.24, 2.45) is 5.84 Å². The number of thiazole rings is 1. The molecular weight excluding hydrogens is 276 g/mol. The molecule has 2 aromatic heterocycles. The zero-order valence-electron chi connectivity index (χ0n) is 10.9. The van der Waals surface area contributed by atoms with Crippen LogP contribution in [0.1, 0.15) is 18.5 Å². The van der Waals surface area contributed by atoms with E-state index in [0.717, 1.165) is 18.8 Å². The standard InChI is InChI=1S/C11H16N8S/c12-18-10-15-9(13-5-8-6-20-7-14-8)16-11(17-10)19-3-1-2-4-19/h6-7H,1-5,12H2,(H2,13,15,16,17,18). The average molecular weight is 292 g/mol. The highest BCUT2D eigenvalue weighted by molar-refractivity contribution is 7.07. The molecule has 3 heterocycles. The van der Waals surface area contributed by atoms with Gasteiger partial charge in [-0.25, -0.2) is 10.8 Å². The van der Waals surface area contributed by atoms with E-state index < -0.39 is 0 Å². The van der Waals surface area contributed by atoms with Crippen LogP contribution in [0, 0.1) is 0 Å². The van der Waals surface area contributed by atoms with E-state index in [1.807, 2.05) is 5.38 Å². The number of rotatable bonds is 5. The molecule has 1 aliphatic rings. The maximum atomic E-state index is 5.42. The van der Waals surface area contributed by atoms with Gasteiger partial charge in [-0.3, -0.25) is 5.43 Å². The Labute approximate surface area is 120 Å². The normalized spacial score (nSPS) is 14.6. The fraction of sp³-hybridized carbons (Fsp3) is 0.455. The number of nitrogen functional groups attached to an aromatic ring is 1. The van der Waals surface area contributed by atoms with Crippen molar-refractivity contribution in [2.45, 2.75) is 19.4 Å². The zero-order chi connectivity index (χ0) is 13.8. The van der Waals surface area contributed by atoms with Crippen LogP contribution in [0.5, 0.6) is 0 Å². The molecule has 9 heteroatoms. The van der Waals surface area contributed by atoms with Crippen LogP contribution in [0.3, 0.4) is 0 Å². The van der Waals surface area contributed by atoms with Gasteiger partial charge in [0.15, 0.2) is 0 Å². The molecule has 4 N–H and O–H groups in total. The highest BCUT2D eigenvalue weighted by atomic mass is 32.1. The lowest BCUT2D eigenvalue weighted by molar-refractivity contribution is 0.874. The van der Waals surface area contributed by atoms with Crippen molar-refractivity contribution in [3.63, 3.8) is 0 Å². The number of nitrogens with one attached hydrogen (secondary N) is 2. The van der Waals surface area contributed by atoms with Gasteiger partial charge in [-0.1, -0.05) is 0 Å². The Hall–Kier alpha value is -2.00. The summed E-state index contributed by atoms with van der Waals surface area (Å²) >= 11 is 1.56. The lowest BCUT2D eigenvalue weighted by atomic mass is 10.4.